The van der Waals surface area contributed by atoms with Gasteiger partial charge in [0.2, 0.25) is 10.1 Å². The maximum atomic E-state index is 12.6. The first-order valence-corrected chi connectivity index (χ1v) is 11.8. The van der Waals surface area contributed by atoms with E-state index in [1.54, 1.807) is 0 Å². The van der Waals surface area contributed by atoms with Gasteiger partial charge in [-0.05, 0) is 30.5 Å². The number of benzene rings is 1. The number of fused-ring (bicyclic) bond motifs is 1. The molecule has 0 amide bonds. The third-order valence-electron chi connectivity index (χ3n) is 4.84. The van der Waals surface area contributed by atoms with Crippen LogP contribution in [0.3, 0.4) is 0 Å². The Hall–Kier alpha value is -1.77. The molecule has 3 heterocycles. The van der Waals surface area contributed by atoms with Crippen molar-refractivity contribution in [1.29, 1.82) is 0 Å². The zero-order valence-corrected chi connectivity index (χ0v) is 18.1. The molecule has 1 N–H and O–H groups in total. The molecular formula is C20H26N4O2S2. The Balaban J connectivity index is 1.45. The van der Waals surface area contributed by atoms with E-state index in [9.17, 15) is 4.21 Å². The highest BCUT2D eigenvalue weighted by Gasteiger charge is 2.21. The highest BCUT2D eigenvalue weighted by atomic mass is 32.2. The molecule has 150 valence electrons. The number of ether oxygens (including phenoxy) is 1. The number of nitrogens with zero attached hydrogens (tertiary/aromatic N) is 3. The Morgan fingerprint density at radius 1 is 1.32 bits per heavy atom. The number of hydrogen-bond donors (Lipinski definition) is 1. The van der Waals surface area contributed by atoms with Crippen molar-refractivity contribution < 1.29 is 8.95 Å². The third kappa shape index (κ3) is 4.45. The van der Waals surface area contributed by atoms with Gasteiger partial charge in [0.1, 0.15) is 0 Å². The third-order valence-corrected chi connectivity index (χ3v) is 7.51. The van der Waals surface area contributed by atoms with Crippen LogP contribution in [0.1, 0.15) is 44.9 Å². The van der Waals surface area contributed by atoms with Crippen LogP contribution in [0.2, 0.25) is 0 Å². The first kappa shape index (κ1) is 19.5. The number of aromatic nitrogens is 3. The van der Waals surface area contributed by atoms with Crippen LogP contribution in [0.4, 0.5) is 10.8 Å². The van der Waals surface area contributed by atoms with E-state index >= 15 is 0 Å². The Labute approximate surface area is 171 Å². The molecule has 4 rings (SSSR count). The van der Waals surface area contributed by atoms with Gasteiger partial charge in [0.25, 0.3) is 0 Å². The molecule has 1 saturated heterocycles. The molecule has 1 aliphatic rings. The van der Waals surface area contributed by atoms with Crippen molar-refractivity contribution in [2.75, 3.05) is 18.5 Å². The maximum absolute atomic E-state index is 12.6. The van der Waals surface area contributed by atoms with Crippen LogP contribution in [-0.2, 0) is 26.7 Å². The summed E-state index contributed by atoms with van der Waals surface area (Å²) in [7, 11) is -0.864. The highest BCUT2D eigenvalue weighted by Crippen LogP contribution is 2.28. The van der Waals surface area contributed by atoms with Crippen LogP contribution in [0, 0.1) is 0 Å². The largest absolute Gasteiger partial charge is 0.381 e. The average molecular weight is 419 g/mol. The van der Waals surface area contributed by atoms with E-state index in [0.717, 1.165) is 53.1 Å². The van der Waals surface area contributed by atoms with Crippen molar-refractivity contribution in [3.05, 3.63) is 41.7 Å². The summed E-state index contributed by atoms with van der Waals surface area (Å²) in [6.07, 6.45) is 3.77. The van der Waals surface area contributed by atoms with E-state index in [1.807, 2.05) is 28.9 Å². The van der Waals surface area contributed by atoms with E-state index in [-0.39, 0.29) is 10.7 Å². The standard InChI is InChI=1S/C20H26N4O2S2/c1-20(2,3)17-12-24-19(22-17)27-18(23-24)21-15-6-4-5-14(11-15)13-28(25)16-7-9-26-10-8-16/h4-6,11-12,16H,7-10,13H2,1-3H3,(H,21,23). The molecule has 1 unspecified atom stereocenters. The second-order valence-electron chi connectivity index (χ2n) is 8.17. The minimum absolute atomic E-state index is 0.00938. The van der Waals surface area contributed by atoms with Crippen LogP contribution in [-0.4, -0.2) is 37.3 Å². The Bertz CT molecular complexity index is 952. The molecule has 0 aliphatic carbocycles. The summed E-state index contributed by atoms with van der Waals surface area (Å²) < 4.78 is 19.8. The number of rotatable bonds is 5. The Morgan fingerprint density at radius 2 is 2.11 bits per heavy atom. The van der Waals surface area contributed by atoms with Gasteiger partial charge >= 0.3 is 0 Å². The minimum atomic E-state index is -0.864. The zero-order valence-electron chi connectivity index (χ0n) is 16.5. The first-order chi connectivity index (χ1) is 13.4. The monoisotopic (exact) mass is 418 g/mol. The van der Waals surface area contributed by atoms with Crippen molar-refractivity contribution in [2.45, 2.75) is 50.0 Å². The predicted octanol–water partition coefficient (Wildman–Crippen LogP) is 4.26. The molecule has 1 fully saturated rings. The summed E-state index contributed by atoms with van der Waals surface area (Å²) in [5, 5.41) is 8.99. The molecule has 1 aromatic carbocycles. The molecule has 6 nitrogen and oxygen atoms in total. The van der Waals surface area contributed by atoms with E-state index < -0.39 is 10.8 Å². The van der Waals surface area contributed by atoms with Crippen molar-refractivity contribution >= 4 is 37.9 Å². The summed E-state index contributed by atoms with van der Waals surface area (Å²) in [5.41, 5.74) is 3.08. The van der Waals surface area contributed by atoms with Gasteiger partial charge in [0, 0.05) is 46.1 Å². The van der Waals surface area contributed by atoms with Gasteiger partial charge in [0.15, 0.2) is 0 Å². The molecule has 0 bridgehead atoms. The lowest BCUT2D eigenvalue weighted by molar-refractivity contribution is 0.0992. The molecule has 3 aromatic rings. The fourth-order valence-corrected chi connectivity index (χ4v) is 5.46. The minimum Gasteiger partial charge on any atom is -0.381 e. The van der Waals surface area contributed by atoms with E-state index in [1.165, 1.54) is 11.3 Å². The van der Waals surface area contributed by atoms with Crippen LogP contribution in [0.25, 0.3) is 4.96 Å². The second kappa shape index (κ2) is 7.93. The lowest BCUT2D eigenvalue weighted by Crippen LogP contribution is -2.25. The molecule has 1 atom stereocenters. The summed E-state index contributed by atoms with van der Waals surface area (Å²) in [6.45, 7) is 7.89. The fraction of sp³-hybridized carbons (Fsp3) is 0.500. The molecule has 0 radical (unpaired) electrons. The van der Waals surface area contributed by atoms with E-state index in [4.69, 9.17) is 4.74 Å². The molecule has 0 spiro atoms. The van der Waals surface area contributed by atoms with E-state index in [0.29, 0.717) is 5.75 Å². The van der Waals surface area contributed by atoms with Gasteiger partial charge in [-0.3, -0.25) is 4.21 Å². The first-order valence-electron chi connectivity index (χ1n) is 9.56. The summed E-state index contributed by atoms with van der Waals surface area (Å²) >= 11 is 1.53. The molecular weight excluding hydrogens is 392 g/mol. The second-order valence-corrected chi connectivity index (χ2v) is 10.8. The van der Waals surface area contributed by atoms with Gasteiger partial charge in [-0.15, -0.1) is 5.10 Å². The maximum Gasteiger partial charge on any atom is 0.214 e. The molecule has 1 aliphatic heterocycles. The number of hydrogen-bond acceptors (Lipinski definition) is 6. The normalized spacial score (nSPS) is 17.1. The van der Waals surface area contributed by atoms with Gasteiger partial charge in [-0.25, -0.2) is 9.50 Å². The van der Waals surface area contributed by atoms with Crippen LogP contribution in [0.15, 0.2) is 30.5 Å². The smallest absolute Gasteiger partial charge is 0.214 e. The number of nitrogens with one attached hydrogen (secondary N) is 1. The molecule has 8 heteroatoms. The van der Waals surface area contributed by atoms with Crippen molar-refractivity contribution in [3.8, 4) is 0 Å². The van der Waals surface area contributed by atoms with Crippen molar-refractivity contribution in [2.24, 2.45) is 0 Å². The molecule has 2 aromatic heterocycles. The Kier molecular flexibility index (Phi) is 5.53. The molecule has 0 saturated carbocycles. The van der Waals surface area contributed by atoms with Crippen molar-refractivity contribution in [1.82, 2.24) is 14.6 Å². The topological polar surface area (TPSA) is 68.5 Å². The fourth-order valence-electron chi connectivity index (χ4n) is 3.20. The summed E-state index contributed by atoms with van der Waals surface area (Å²) in [6, 6.07) is 8.09. The predicted molar refractivity (Wildman–Crippen MR) is 115 cm³/mol. The highest BCUT2D eigenvalue weighted by molar-refractivity contribution is 7.84. The molecule has 28 heavy (non-hydrogen) atoms. The van der Waals surface area contributed by atoms with Gasteiger partial charge in [-0.1, -0.05) is 44.2 Å². The summed E-state index contributed by atoms with van der Waals surface area (Å²) in [4.78, 5) is 5.56. The zero-order chi connectivity index (χ0) is 19.7. The SMILES string of the molecule is CC(C)(C)c1cn2nc(Nc3cccc(CS(=O)C4CCOCC4)c3)sc2n1. The number of anilines is 2. The van der Waals surface area contributed by atoms with Crippen LogP contribution in [0.5, 0.6) is 0 Å². The van der Waals surface area contributed by atoms with Gasteiger partial charge in [0.05, 0.1) is 11.9 Å². The van der Waals surface area contributed by atoms with E-state index in [2.05, 4.69) is 42.2 Å². The quantitative estimate of drug-likeness (QED) is 0.670. The van der Waals surface area contributed by atoms with Crippen LogP contribution >= 0.6 is 11.3 Å². The van der Waals surface area contributed by atoms with Crippen molar-refractivity contribution in [3.63, 3.8) is 0 Å². The lowest BCUT2D eigenvalue weighted by Gasteiger charge is -2.21. The lowest BCUT2D eigenvalue weighted by atomic mass is 9.93. The van der Waals surface area contributed by atoms with Crippen LogP contribution < -0.4 is 5.32 Å². The van der Waals surface area contributed by atoms with Gasteiger partial charge < -0.3 is 10.1 Å². The average Bonchev–Trinajstić information content (AvgIpc) is 3.21. The number of imidazole rings is 1. The van der Waals surface area contributed by atoms with Gasteiger partial charge in [-0.2, -0.15) is 0 Å². The summed E-state index contributed by atoms with van der Waals surface area (Å²) in [5.74, 6) is 0.580. The Morgan fingerprint density at radius 3 is 2.82 bits per heavy atom.